The van der Waals surface area contributed by atoms with Gasteiger partial charge in [0, 0.05) is 17.3 Å². The van der Waals surface area contributed by atoms with Gasteiger partial charge in [-0.3, -0.25) is 0 Å². The van der Waals surface area contributed by atoms with Gasteiger partial charge in [-0.25, -0.2) is 4.98 Å². The largest absolute Gasteiger partial charge is 0.497 e. The zero-order valence-electron chi connectivity index (χ0n) is 13.3. The maximum atomic E-state index is 5.21. The molecule has 0 aliphatic carbocycles. The normalized spacial score (nSPS) is 12.4. The van der Waals surface area contributed by atoms with Crippen molar-refractivity contribution in [3.63, 3.8) is 0 Å². The van der Waals surface area contributed by atoms with Crippen LogP contribution in [0.15, 0.2) is 24.3 Å². The lowest BCUT2D eigenvalue weighted by Crippen LogP contribution is -2.33. The number of nitrogens with one attached hydrogen (secondary N) is 1. The van der Waals surface area contributed by atoms with E-state index in [2.05, 4.69) is 43.2 Å². The van der Waals surface area contributed by atoms with Crippen molar-refractivity contribution < 1.29 is 4.74 Å². The van der Waals surface area contributed by atoms with Crippen molar-refractivity contribution in [2.45, 2.75) is 39.7 Å². The van der Waals surface area contributed by atoms with Crippen LogP contribution < -0.4 is 10.1 Å². The van der Waals surface area contributed by atoms with Gasteiger partial charge in [-0.05, 0) is 44.5 Å². The van der Waals surface area contributed by atoms with Gasteiger partial charge in [0.05, 0.1) is 17.8 Å². The first kappa shape index (κ1) is 16.0. The zero-order chi connectivity index (χ0) is 15.2. The van der Waals surface area contributed by atoms with Crippen LogP contribution in [0.2, 0.25) is 0 Å². The van der Waals surface area contributed by atoms with E-state index in [4.69, 9.17) is 4.74 Å². The summed E-state index contributed by atoms with van der Waals surface area (Å²) in [5.74, 6) is 0.907. The Kier molecular flexibility index (Phi) is 5.76. The van der Waals surface area contributed by atoms with Gasteiger partial charge in [0.1, 0.15) is 5.75 Å². The summed E-state index contributed by atoms with van der Waals surface area (Å²) in [6, 6.07) is 8.75. The van der Waals surface area contributed by atoms with Crippen molar-refractivity contribution in [2.24, 2.45) is 0 Å². The third-order valence-corrected chi connectivity index (χ3v) is 4.72. The van der Waals surface area contributed by atoms with Crippen molar-refractivity contribution in [1.29, 1.82) is 0 Å². The van der Waals surface area contributed by atoms with E-state index in [0.29, 0.717) is 6.04 Å². The Morgan fingerprint density at radius 1 is 1.19 bits per heavy atom. The fraction of sp³-hybridized carbons (Fsp3) is 0.471. The number of likely N-dealkylation sites (N-methyl/N-ethyl adjacent to an activating group) is 1. The monoisotopic (exact) mass is 304 g/mol. The van der Waals surface area contributed by atoms with Gasteiger partial charge in [-0.1, -0.05) is 19.1 Å². The lowest BCUT2D eigenvalue weighted by Gasteiger charge is -2.17. The van der Waals surface area contributed by atoms with E-state index in [9.17, 15) is 0 Å². The number of thiazole rings is 1. The second kappa shape index (κ2) is 7.57. The molecule has 2 rings (SSSR count). The molecule has 1 unspecified atom stereocenters. The number of aromatic nitrogens is 1. The average molecular weight is 304 g/mol. The first-order valence-corrected chi connectivity index (χ1v) is 8.23. The SMILES string of the molecule is CCNC(Cc1ccc(OC)cc1)Cc1nc(C)c(C)s1. The van der Waals surface area contributed by atoms with Crippen LogP contribution in [0.5, 0.6) is 5.75 Å². The first-order chi connectivity index (χ1) is 10.1. The minimum Gasteiger partial charge on any atom is -0.497 e. The van der Waals surface area contributed by atoms with Crippen LogP contribution in [-0.2, 0) is 12.8 Å². The van der Waals surface area contributed by atoms with Crippen molar-refractivity contribution in [1.82, 2.24) is 10.3 Å². The Balaban J connectivity index is 2.03. The highest BCUT2D eigenvalue weighted by atomic mass is 32.1. The first-order valence-electron chi connectivity index (χ1n) is 7.41. The number of hydrogen-bond donors (Lipinski definition) is 1. The van der Waals surface area contributed by atoms with Gasteiger partial charge in [0.15, 0.2) is 0 Å². The molecule has 0 saturated heterocycles. The second-order valence-electron chi connectivity index (χ2n) is 5.26. The predicted octanol–water partition coefficient (Wildman–Crippen LogP) is 3.53. The maximum Gasteiger partial charge on any atom is 0.118 e. The summed E-state index contributed by atoms with van der Waals surface area (Å²) in [6.45, 7) is 7.35. The topological polar surface area (TPSA) is 34.1 Å². The van der Waals surface area contributed by atoms with Gasteiger partial charge in [0.25, 0.3) is 0 Å². The summed E-state index contributed by atoms with van der Waals surface area (Å²) in [5.41, 5.74) is 2.49. The van der Waals surface area contributed by atoms with Crippen molar-refractivity contribution in [3.05, 3.63) is 45.4 Å². The predicted molar refractivity (Wildman–Crippen MR) is 89.5 cm³/mol. The van der Waals surface area contributed by atoms with Crippen LogP contribution in [0.4, 0.5) is 0 Å². The number of aryl methyl sites for hydroxylation is 2. The molecule has 0 spiro atoms. The van der Waals surface area contributed by atoms with Crippen LogP contribution in [0.1, 0.15) is 28.1 Å². The van der Waals surface area contributed by atoms with E-state index in [1.165, 1.54) is 15.4 Å². The van der Waals surface area contributed by atoms with E-state index < -0.39 is 0 Å². The van der Waals surface area contributed by atoms with Crippen LogP contribution in [-0.4, -0.2) is 24.7 Å². The van der Waals surface area contributed by atoms with E-state index >= 15 is 0 Å². The Morgan fingerprint density at radius 2 is 1.90 bits per heavy atom. The van der Waals surface area contributed by atoms with E-state index in [-0.39, 0.29) is 0 Å². The van der Waals surface area contributed by atoms with E-state index in [0.717, 1.165) is 30.8 Å². The molecule has 0 radical (unpaired) electrons. The molecule has 1 atom stereocenters. The molecule has 114 valence electrons. The molecule has 1 aromatic heterocycles. The average Bonchev–Trinajstić information content (AvgIpc) is 2.78. The fourth-order valence-corrected chi connectivity index (χ4v) is 3.40. The molecule has 0 aliphatic heterocycles. The molecule has 0 aliphatic rings. The Morgan fingerprint density at radius 3 is 2.43 bits per heavy atom. The number of methoxy groups -OCH3 is 1. The standard InChI is InChI=1S/C17H24N2OS/c1-5-18-15(11-17-19-12(2)13(3)21-17)10-14-6-8-16(20-4)9-7-14/h6-9,15,18H,5,10-11H2,1-4H3. The molecule has 2 aromatic rings. The number of hydrogen-bond acceptors (Lipinski definition) is 4. The van der Waals surface area contributed by atoms with Crippen LogP contribution in [0, 0.1) is 13.8 Å². The number of ether oxygens (including phenoxy) is 1. The Bertz CT molecular complexity index is 543. The van der Waals surface area contributed by atoms with E-state index in [1.54, 1.807) is 7.11 Å². The van der Waals surface area contributed by atoms with Gasteiger partial charge in [-0.15, -0.1) is 11.3 Å². The van der Waals surface area contributed by atoms with Crippen molar-refractivity contribution in [3.8, 4) is 5.75 Å². The highest BCUT2D eigenvalue weighted by Gasteiger charge is 2.13. The summed E-state index contributed by atoms with van der Waals surface area (Å²) in [6.07, 6.45) is 1.99. The molecular formula is C17H24N2OS. The molecule has 1 N–H and O–H groups in total. The number of rotatable bonds is 7. The number of benzene rings is 1. The van der Waals surface area contributed by atoms with Gasteiger partial charge < -0.3 is 10.1 Å². The van der Waals surface area contributed by atoms with Crippen LogP contribution in [0.3, 0.4) is 0 Å². The minimum atomic E-state index is 0.424. The third kappa shape index (κ3) is 4.55. The summed E-state index contributed by atoms with van der Waals surface area (Å²) >= 11 is 1.81. The third-order valence-electron chi connectivity index (χ3n) is 3.63. The highest BCUT2D eigenvalue weighted by molar-refractivity contribution is 7.11. The summed E-state index contributed by atoms with van der Waals surface area (Å²) in [7, 11) is 1.70. The zero-order valence-corrected chi connectivity index (χ0v) is 14.1. The fourth-order valence-electron chi connectivity index (χ4n) is 2.39. The highest BCUT2D eigenvalue weighted by Crippen LogP contribution is 2.19. The Hall–Kier alpha value is -1.39. The van der Waals surface area contributed by atoms with Gasteiger partial charge in [-0.2, -0.15) is 0 Å². The molecule has 0 amide bonds. The van der Waals surface area contributed by atoms with Gasteiger partial charge >= 0.3 is 0 Å². The van der Waals surface area contributed by atoms with Crippen molar-refractivity contribution >= 4 is 11.3 Å². The molecule has 21 heavy (non-hydrogen) atoms. The molecule has 0 bridgehead atoms. The summed E-state index contributed by atoms with van der Waals surface area (Å²) in [5, 5.41) is 4.80. The molecule has 3 nitrogen and oxygen atoms in total. The lowest BCUT2D eigenvalue weighted by atomic mass is 10.0. The van der Waals surface area contributed by atoms with Crippen molar-refractivity contribution in [2.75, 3.05) is 13.7 Å². The minimum absolute atomic E-state index is 0.424. The van der Waals surface area contributed by atoms with Gasteiger partial charge in [0.2, 0.25) is 0 Å². The Labute approximate surface area is 131 Å². The second-order valence-corrected chi connectivity index (χ2v) is 6.55. The smallest absolute Gasteiger partial charge is 0.118 e. The van der Waals surface area contributed by atoms with E-state index in [1.807, 2.05) is 23.5 Å². The molecule has 1 aromatic carbocycles. The van der Waals surface area contributed by atoms with Crippen LogP contribution in [0.25, 0.3) is 0 Å². The van der Waals surface area contributed by atoms with Crippen LogP contribution >= 0.6 is 11.3 Å². The quantitative estimate of drug-likeness (QED) is 0.849. The molecule has 0 fully saturated rings. The molecule has 0 saturated carbocycles. The summed E-state index contributed by atoms with van der Waals surface area (Å²) < 4.78 is 5.21. The maximum absolute atomic E-state index is 5.21. The molecular weight excluding hydrogens is 280 g/mol. The number of nitrogens with zero attached hydrogens (tertiary/aromatic N) is 1. The molecule has 1 heterocycles. The molecule has 4 heteroatoms. The lowest BCUT2D eigenvalue weighted by molar-refractivity contribution is 0.414. The summed E-state index contributed by atoms with van der Waals surface area (Å²) in [4.78, 5) is 5.98.